The third-order valence-corrected chi connectivity index (χ3v) is 5.16. The number of piperazine rings is 1. The molecule has 158 valence electrons. The predicted octanol–water partition coefficient (Wildman–Crippen LogP) is 5.15. The van der Waals surface area contributed by atoms with Crippen LogP contribution in [0.2, 0.25) is 0 Å². The molecule has 0 saturated carbocycles. The SMILES string of the molecule is Cc1ccc(C(=CC=C(C#N)C#N)N2CCN(c3cccc(C(F)(F)F)c3)CC2)cc1. The van der Waals surface area contributed by atoms with Gasteiger partial charge in [-0.2, -0.15) is 23.7 Å². The van der Waals surface area contributed by atoms with E-state index in [9.17, 15) is 13.2 Å². The van der Waals surface area contributed by atoms with E-state index in [-0.39, 0.29) is 5.57 Å². The molecule has 0 unspecified atom stereocenters. The Bertz CT molecular complexity index is 1050. The molecule has 3 rings (SSSR count). The number of allylic oxidation sites excluding steroid dienone is 3. The van der Waals surface area contributed by atoms with E-state index in [2.05, 4.69) is 4.90 Å². The first-order valence-corrected chi connectivity index (χ1v) is 9.78. The van der Waals surface area contributed by atoms with E-state index in [1.165, 1.54) is 18.2 Å². The maximum absolute atomic E-state index is 13.0. The number of anilines is 1. The Kier molecular flexibility index (Phi) is 6.67. The molecular formula is C24H21F3N4. The quantitative estimate of drug-likeness (QED) is 0.505. The zero-order valence-electron chi connectivity index (χ0n) is 17.0. The van der Waals surface area contributed by atoms with Gasteiger partial charge in [0, 0.05) is 37.6 Å². The molecule has 0 aliphatic carbocycles. The molecule has 0 atom stereocenters. The summed E-state index contributed by atoms with van der Waals surface area (Å²) in [6.45, 7) is 4.29. The second kappa shape index (κ2) is 9.40. The van der Waals surface area contributed by atoms with Gasteiger partial charge in [0.15, 0.2) is 0 Å². The highest BCUT2D eigenvalue weighted by atomic mass is 19.4. The van der Waals surface area contributed by atoms with E-state index in [1.807, 2.05) is 48.2 Å². The normalized spacial score (nSPS) is 14.6. The molecular weight excluding hydrogens is 401 g/mol. The van der Waals surface area contributed by atoms with Crippen molar-refractivity contribution in [2.75, 3.05) is 31.1 Å². The average molecular weight is 422 g/mol. The van der Waals surface area contributed by atoms with Crippen molar-refractivity contribution in [1.82, 2.24) is 4.90 Å². The first-order valence-electron chi connectivity index (χ1n) is 9.78. The third kappa shape index (κ3) is 5.46. The minimum absolute atomic E-state index is 0.00668. The Labute approximate surface area is 179 Å². The van der Waals surface area contributed by atoms with Gasteiger partial charge < -0.3 is 9.80 Å². The molecule has 1 heterocycles. The van der Waals surface area contributed by atoms with Gasteiger partial charge in [0.05, 0.1) is 5.56 Å². The lowest BCUT2D eigenvalue weighted by Gasteiger charge is -2.38. The molecule has 1 aliphatic rings. The van der Waals surface area contributed by atoms with E-state index in [0.717, 1.165) is 22.9 Å². The largest absolute Gasteiger partial charge is 0.416 e. The van der Waals surface area contributed by atoms with Crippen LogP contribution in [0.15, 0.2) is 66.3 Å². The molecule has 0 bridgehead atoms. The average Bonchev–Trinajstić information content (AvgIpc) is 2.77. The van der Waals surface area contributed by atoms with E-state index in [1.54, 1.807) is 12.1 Å². The van der Waals surface area contributed by atoms with Crippen LogP contribution in [0, 0.1) is 29.6 Å². The maximum Gasteiger partial charge on any atom is 0.416 e. The summed E-state index contributed by atoms with van der Waals surface area (Å²) < 4.78 is 39.1. The van der Waals surface area contributed by atoms with Crippen molar-refractivity contribution in [2.45, 2.75) is 13.1 Å². The van der Waals surface area contributed by atoms with E-state index in [4.69, 9.17) is 10.5 Å². The summed E-state index contributed by atoms with van der Waals surface area (Å²) in [6.07, 6.45) is -1.12. The highest BCUT2D eigenvalue weighted by molar-refractivity contribution is 5.67. The fourth-order valence-electron chi connectivity index (χ4n) is 3.45. The number of nitriles is 2. The Morgan fingerprint density at radius 3 is 2.16 bits per heavy atom. The number of aryl methyl sites for hydroxylation is 1. The van der Waals surface area contributed by atoms with Gasteiger partial charge in [0.2, 0.25) is 0 Å². The number of hydrogen-bond donors (Lipinski definition) is 0. The van der Waals surface area contributed by atoms with Gasteiger partial charge in [-0.1, -0.05) is 35.9 Å². The fourth-order valence-corrected chi connectivity index (χ4v) is 3.45. The summed E-state index contributed by atoms with van der Waals surface area (Å²) in [4.78, 5) is 4.06. The van der Waals surface area contributed by atoms with Crippen molar-refractivity contribution in [3.8, 4) is 12.1 Å². The Morgan fingerprint density at radius 2 is 1.58 bits per heavy atom. The van der Waals surface area contributed by atoms with E-state index < -0.39 is 11.7 Å². The molecule has 2 aromatic rings. The van der Waals surface area contributed by atoms with E-state index >= 15 is 0 Å². The molecule has 31 heavy (non-hydrogen) atoms. The van der Waals surface area contributed by atoms with Crippen LogP contribution in [0.3, 0.4) is 0 Å². The number of rotatable bonds is 4. The van der Waals surface area contributed by atoms with Gasteiger partial charge >= 0.3 is 6.18 Å². The molecule has 1 aliphatic heterocycles. The molecule has 0 radical (unpaired) electrons. The molecule has 1 saturated heterocycles. The number of nitrogens with zero attached hydrogens (tertiary/aromatic N) is 4. The number of benzene rings is 2. The summed E-state index contributed by atoms with van der Waals surface area (Å²) >= 11 is 0. The highest BCUT2D eigenvalue weighted by Gasteiger charge is 2.31. The summed E-state index contributed by atoms with van der Waals surface area (Å²) in [5.41, 5.74) is 2.83. The summed E-state index contributed by atoms with van der Waals surface area (Å²) in [5.74, 6) is 0. The van der Waals surface area contributed by atoms with Crippen LogP contribution in [-0.2, 0) is 6.18 Å². The lowest BCUT2D eigenvalue weighted by Crippen LogP contribution is -2.45. The van der Waals surface area contributed by atoms with Crippen molar-refractivity contribution in [3.63, 3.8) is 0 Å². The fraction of sp³-hybridized carbons (Fsp3) is 0.250. The van der Waals surface area contributed by atoms with Gasteiger partial charge in [0.25, 0.3) is 0 Å². The predicted molar refractivity (Wildman–Crippen MR) is 114 cm³/mol. The van der Waals surface area contributed by atoms with Crippen molar-refractivity contribution in [2.24, 2.45) is 0 Å². The molecule has 0 N–H and O–H groups in total. The van der Waals surface area contributed by atoms with Crippen LogP contribution in [-0.4, -0.2) is 31.1 Å². The van der Waals surface area contributed by atoms with Crippen LogP contribution in [0.4, 0.5) is 18.9 Å². The molecule has 4 nitrogen and oxygen atoms in total. The van der Waals surface area contributed by atoms with Gasteiger partial charge in [-0.3, -0.25) is 0 Å². The lowest BCUT2D eigenvalue weighted by molar-refractivity contribution is -0.137. The number of hydrogen-bond acceptors (Lipinski definition) is 4. The summed E-state index contributed by atoms with van der Waals surface area (Å²) in [5, 5.41) is 18.1. The van der Waals surface area contributed by atoms with Gasteiger partial charge in [-0.25, -0.2) is 0 Å². The topological polar surface area (TPSA) is 54.1 Å². The van der Waals surface area contributed by atoms with Crippen molar-refractivity contribution in [1.29, 1.82) is 10.5 Å². The van der Waals surface area contributed by atoms with Crippen LogP contribution >= 0.6 is 0 Å². The first-order chi connectivity index (χ1) is 14.8. The van der Waals surface area contributed by atoms with Gasteiger partial charge in [-0.15, -0.1) is 0 Å². The third-order valence-electron chi connectivity index (χ3n) is 5.16. The second-order valence-electron chi connectivity index (χ2n) is 7.24. The smallest absolute Gasteiger partial charge is 0.368 e. The lowest BCUT2D eigenvalue weighted by atomic mass is 10.1. The molecule has 0 aromatic heterocycles. The molecule has 7 heteroatoms. The zero-order chi connectivity index (χ0) is 22.4. The second-order valence-corrected chi connectivity index (χ2v) is 7.24. The Hall–Kier alpha value is -3.71. The summed E-state index contributed by atoms with van der Waals surface area (Å²) in [7, 11) is 0. The van der Waals surface area contributed by atoms with Crippen molar-refractivity contribution in [3.05, 3.63) is 82.9 Å². The van der Waals surface area contributed by atoms with E-state index in [0.29, 0.717) is 31.9 Å². The highest BCUT2D eigenvalue weighted by Crippen LogP contribution is 2.32. The monoisotopic (exact) mass is 422 g/mol. The summed E-state index contributed by atoms with van der Waals surface area (Å²) in [6, 6.07) is 17.0. The molecule has 1 fully saturated rings. The molecule has 0 spiro atoms. The van der Waals surface area contributed by atoms with Crippen LogP contribution in [0.25, 0.3) is 5.70 Å². The number of alkyl halides is 3. The van der Waals surface area contributed by atoms with Gasteiger partial charge in [-0.05, 0) is 42.8 Å². The Morgan fingerprint density at radius 1 is 0.935 bits per heavy atom. The van der Waals surface area contributed by atoms with Crippen LogP contribution < -0.4 is 4.90 Å². The minimum atomic E-state index is -4.37. The van der Waals surface area contributed by atoms with Crippen molar-refractivity contribution >= 4 is 11.4 Å². The van der Waals surface area contributed by atoms with Crippen LogP contribution in [0.1, 0.15) is 16.7 Å². The number of halogens is 3. The molecule has 2 aromatic carbocycles. The molecule has 0 amide bonds. The van der Waals surface area contributed by atoms with Crippen molar-refractivity contribution < 1.29 is 13.2 Å². The minimum Gasteiger partial charge on any atom is -0.368 e. The Balaban J connectivity index is 1.82. The maximum atomic E-state index is 13.0. The zero-order valence-corrected chi connectivity index (χ0v) is 17.0. The van der Waals surface area contributed by atoms with Gasteiger partial charge in [0.1, 0.15) is 17.7 Å². The first kappa shape index (κ1) is 22.0. The van der Waals surface area contributed by atoms with Crippen LogP contribution in [0.5, 0.6) is 0 Å². The standard InChI is InChI=1S/C24H21F3N4/c1-18-5-8-20(9-6-18)23(10-7-19(16-28)17-29)31-13-11-30(12-14-31)22-4-2-3-21(15-22)24(25,26)27/h2-10,15H,11-14H2,1H3.